The first-order valence-corrected chi connectivity index (χ1v) is 11.5. The number of amides is 1. The number of aromatic nitrogens is 2. The molecule has 180 valence electrons. The molecule has 0 bridgehead atoms. The number of alkyl halides is 3. The summed E-state index contributed by atoms with van der Waals surface area (Å²) in [5, 5.41) is 3.02. The quantitative estimate of drug-likeness (QED) is 0.279. The van der Waals surface area contributed by atoms with Crippen molar-refractivity contribution in [2.45, 2.75) is 17.9 Å². The van der Waals surface area contributed by atoms with E-state index >= 15 is 0 Å². The van der Waals surface area contributed by atoms with Gasteiger partial charge in [0.1, 0.15) is 5.75 Å². The van der Waals surface area contributed by atoms with E-state index < -0.39 is 17.6 Å². The lowest BCUT2D eigenvalue weighted by Gasteiger charge is -2.15. The molecule has 0 unspecified atom stereocenters. The maximum atomic E-state index is 13.2. The van der Waals surface area contributed by atoms with Crippen LogP contribution in [0.3, 0.4) is 0 Å². The van der Waals surface area contributed by atoms with E-state index in [1.807, 2.05) is 12.1 Å². The van der Waals surface area contributed by atoms with Gasteiger partial charge in [-0.2, -0.15) is 13.2 Å². The van der Waals surface area contributed by atoms with Gasteiger partial charge in [-0.1, -0.05) is 48.2 Å². The predicted molar refractivity (Wildman–Crippen MR) is 129 cm³/mol. The molecule has 1 amide bonds. The van der Waals surface area contributed by atoms with Gasteiger partial charge in [0.25, 0.3) is 5.56 Å². The Hall–Kier alpha value is -3.79. The van der Waals surface area contributed by atoms with Gasteiger partial charge in [0.05, 0.1) is 41.6 Å². The molecular formula is C25H20F3N3O3S. The van der Waals surface area contributed by atoms with E-state index in [2.05, 4.69) is 10.3 Å². The molecule has 10 heteroatoms. The minimum Gasteiger partial charge on any atom is -0.497 e. The van der Waals surface area contributed by atoms with Gasteiger partial charge in [-0.25, -0.2) is 4.98 Å². The molecule has 0 spiro atoms. The number of benzene rings is 3. The molecule has 35 heavy (non-hydrogen) atoms. The van der Waals surface area contributed by atoms with E-state index in [0.717, 1.165) is 23.4 Å². The molecule has 3 aromatic carbocycles. The summed E-state index contributed by atoms with van der Waals surface area (Å²) >= 11 is 0.978. The Morgan fingerprint density at radius 2 is 1.71 bits per heavy atom. The van der Waals surface area contributed by atoms with Crippen molar-refractivity contribution in [3.63, 3.8) is 0 Å². The number of fused-ring (bicyclic) bond motifs is 1. The fourth-order valence-electron chi connectivity index (χ4n) is 3.47. The molecule has 1 N–H and O–H groups in total. The topological polar surface area (TPSA) is 73.2 Å². The summed E-state index contributed by atoms with van der Waals surface area (Å²) in [7, 11) is 1.56. The summed E-state index contributed by atoms with van der Waals surface area (Å²) in [6, 6.07) is 18.8. The first kappa shape index (κ1) is 24.3. The molecule has 0 saturated carbocycles. The number of anilines is 1. The van der Waals surface area contributed by atoms with Crippen LogP contribution in [0.2, 0.25) is 0 Å². The second-order valence-corrected chi connectivity index (χ2v) is 8.47. The van der Waals surface area contributed by atoms with Gasteiger partial charge in [-0.15, -0.1) is 0 Å². The Morgan fingerprint density at radius 1 is 1.03 bits per heavy atom. The average Bonchev–Trinajstić information content (AvgIpc) is 2.85. The fraction of sp³-hybridized carbons (Fsp3) is 0.160. The van der Waals surface area contributed by atoms with E-state index in [4.69, 9.17) is 4.74 Å². The largest absolute Gasteiger partial charge is 0.497 e. The highest BCUT2D eigenvalue weighted by Crippen LogP contribution is 2.34. The number of carbonyl (C=O) groups is 1. The third-order valence-corrected chi connectivity index (χ3v) is 6.14. The molecule has 4 rings (SSSR count). The van der Waals surface area contributed by atoms with E-state index in [0.29, 0.717) is 16.7 Å². The van der Waals surface area contributed by atoms with Crippen LogP contribution in [-0.4, -0.2) is 28.3 Å². The smallest absolute Gasteiger partial charge is 0.418 e. The van der Waals surface area contributed by atoms with E-state index in [9.17, 15) is 22.8 Å². The van der Waals surface area contributed by atoms with Crippen LogP contribution in [0.1, 0.15) is 11.1 Å². The lowest BCUT2D eigenvalue weighted by atomic mass is 10.1. The van der Waals surface area contributed by atoms with Crippen molar-refractivity contribution in [3.8, 4) is 5.75 Å². The van der Waals surface area contributed by atoms with Crippen molar-refractivity contribution in [1.82, 2.24) is 9.55 Å². The van der Waals surface area contributed by atoms with E-state index in [1.54, 1.807) is 43.5 Å². The Morgan fingerprint density at radius 3 is 2.43 bits per heavy atom. The number of nitrogens with one attached hydrogen (secondary N) is 1. The highest BCUT2D eigenvalue weighted by atomic mass is 32.2. The van der Waals surface area contributed by atoms with Gasteiger partial charge in [0.15, 0.2) is 5.16 Å². The zero-order valence-electron chi connectivity index (χ0n) is 18.5. The minimum atomic E-state index is -4.60. The number of para-hydroxylation sites is 2. The maximum absolute atomic E-state index is 13.2. The molecule has 4 aromatic rings. The third-order valence-electron chi connectivity index (χ3n) is 5.17. The number of thioether (sulfide) groups is 1. The van der Waals surface area contributed by atoms with Crippen LogP contribution >= 0.6 is 11.8 Å². The van der Waals surface area contributed by atoms with Gasteiger partial charge in [-0.3, -0.25) is 14.2 Å². The van der Waals surface area contributed by atoms with Crippen LogP contribution in [-0.2, 0) is 17.5 Å². The van der Waals surface area contributed by atoms with Crippen LogP contribution in [0.25, 0.3) is 10.9 Å². The van der Waals surface area contributed by atoms with Crippen molar-refractivity contribution >= 4 is 34.3 Å². The Labute approximate surface area is 202 Å². The van der Waals surface area contributed by atoms with Crippen LogP contribution in [0.5, 0.6) is 5.75 Å². The fourth-order valence-corrected chi connectivity index (χ4v) is 4.27. The van der Waals surface area contributed by atoms with Crippen LogP contribution in [0.15, 0.2) is 82.7 Å². The molecule has 0 aliphatic heterocycles. The molecule has 0 fully saturated rings. The second-order valence-electron chi connectivity index (χ2n) is 7.53. The molecule has 1 heterocycles. The van der Waals surface area contributed by atoms with Crippen molar-refractivity contribution in [2.24, 2.45) is 0 Å². The Balaban J connectivity index is 1.60. The van der Waals surface area contributed by atoms with Crippen LogP contribution < -0.4 is 15.6 Å². The molecule has 0 aliphatic rings. The van der Waals surface area contributed by atoms with Gasteiger partial charge in [0, 0.05) is 0 Å². The van der Waals surface area contributed by atoms with Gasteiger partial charge < -0.3 is 10.1 Å². The number of hydrogen-bond acceptors (Lipinski definition) is 5. The van der Waals surface area contributed by atoms with Crippen LogP contribution in [0, 0.1) is 0 Å². The normalized spacial score (nSPS) is 11.4. The molecule has 6 nitrogen and oxygen atoms in total. The zero-order valence-corrected chi connectivity index (χ0v) is 19.3. The Bertz CT molecular complexity index is 1420. The lowest BCUT2D eigenvalue weighted by molar-refractivity contribution is -0.137. The second kappa shape index (κ2) is 10.2. The number of methoxy groups -OCH3 is 1. The third kappa shape index (κ3) is 5.65. The standard InChI is InChI=1S/C25H20F3N3O3S/c1-34-17-12-10-16(11-13-17)14-31-23(33)18-6-2-4-8-20(18)30-24(31)35-15-22(32)29-21-9-5-3-7-19(21)25(26,27)28/h2-13H,14-15H2,1H3,(H,29,32). The van der Waals surface area contributed by atoms with Crippen molar-refractivity contribution in [2.75, 3.05) is 18.2 Å². The summed E-state index contributed by atoms with van der Waals surface area (Å²) in [5.41, 5.74) is -0.257. The molecule has 0 aliphatic carbocycles. The number of halogens is 3. The van der Waals surface area contributed by atoms with E-state index in [-0.39, 0.29) is 28.7 Å². The van der Waals surface area contributed by atoms with Crippen molar-refractivity contribution in [3.05, 3.63) is 94.3 Å². The van der Waals surface area contributed by atoms with Crippen LogP contribution in [0.4, 0.5) is 18.9 Å². The molecule has 0 atom stereocenters. The monoisotopic (exact) mass is 499 g/mol. The molecule has 1 aromatic heterocycles. The number of rotatable bonds is 7. The summed E-state index contributed by atoms with van der Waals surface area (Å²) in [5.74, 6) is -0.215. The molecule has 0 saturated heterocycles. The Kier molecular flexibility index (Phi) is 7.11. The SMILES string of the molecule is COc1ccc(Cn2c(SCC(=O)Nc3ccccc3C(F)(F)F)nc3ccccc3c2=O)cc1. The van der Waals surface area contributed by atoms with Gasteiger partial charge in [-0.05, 0) is 42.0 Å². The van der Waals surface area contributed by atoms with E-state index in [1.165, 1.54) is 22.8 Å². The number of ether oxygens (including phenoxy) is 1. The summed E-state index contributed by atoms with van der Waals surface area (Å²) in [6.45, 7) is 0.196. The highest BCUT2D eigenvalue weighted by Gasteiger charge is 2.33. The van der Waals surface area contributed by atoms with Crippen molar-refractivity contribution in [1.29, 1.82) is 0 Å². The predicted octanol–water partition coefficient (Wildman–Crippen LogP) is 5.20. The van der Waals surface area contributed by atoms with Crippen molar-refractivity contribution < 1.29 is 22.7 Å². The first-order chi connectivity index (χ1) is 16.8. The van der Waals surface area contributed by atoms with Gasteiger partial charge >= 0.3 is 6.18 Å². The highest BCUT2D eigenvalue weighted by molar-refractivity contribution is 7.99. The molecular weight excluding hydrogens is 479 g/mol. The maximum Gasteiger partial charge on any atom is 0.418 e. The minimum absolute atomic E-state index is 0.196. The summed E-state index contributed by atoms with van der Waals surface area (Å²) < 4.78 is 46.3. The summed E-state index contributed by atoms with van der Waals surface area (Å²) in [6.07, 6.45) is -4.60. The number of hydrogen-bond donors (Lipinski definition) is 1. The summed E-state index contributed by atoms with van der Waals surface area (Å²) in [4.78, 5) is 30.3. The average molecular weight is 500 g/mol. The number of carbonyl (C=O) groups excluding carboxylic acids is 1. The molecule has 0 radical (unpaired) electrons. The number of nitrogens with zero attached hydrogens (tertiary/aromatic N) is 2. The van der Waals surface area contributed by atoms with Gasteiger partial charge in [0.2, 0.25) is 5.91 Å². The first-order valence-electron chi connectivity index (χ1n) is 10.5. The zero-order chi connectivity index (χ0) is 25.0. The lowest BCUT2D eigenvalue weighted by Crippen LogP contribution is -2.25.